The third-order valence-electron chi connectivity index (χ3n) is 3.73. The van der Waals surface area contributed by atoms with Gasteiger partial charge in [-0.3, -0.25) is 4.79 Å². The van der Waals surface area contributed by atoms with Crippen molar-refractivity contribution < 1.29 is 9.53 Å². The van der Waals surface area contributed by atoms with Gasteiger partial charge in [0.1, 0.15) is 23.1 Å². The Bertz CT molecular complexity index is 790. The highest BCUT2D eigenvalue weighted by atomic mass is 35.5. The first kappa shape index (κ1) is 16.5. The maximum absolute atomic E-state index is 12.2. The summed E-state index contributed by atoms with van der Waals surface area (Å²) in [6.07, 6.45) is 2.06. The van der Waals surface area contributed by atoms with Crippen LogP contribution in [0.4, 0.5) is 11.5 Å². The van der Waals surface area contributed by atoms with E-state index >= 15 is 0 Å². The summed E-state index contributed by atoms with van der Waals surface area (Å²) in [4.78, 5) is 20.8. The lowest BCUT2D eigenvalue weighted by Crippen LogP contribution is -2.26. The van der Waals surface area contributed by atoms with E-state index in [9.17, 15) is 4.79 Å². The highest BCUT2D eigenvalue weighted by Gasteiger charge is 2.24. The molecule has 1 aliphatic carbocycles. The Morgan fingerprint density at radius 3 is 2.67 bits per heavy atom. The molecule has 6 nitrogen and oxygen atoms in total. The van der Waals surface area contributed by atoms with Gasteiger partial charge in [-0.1, -0.05) is 11.6 Å². The number of nitrogens with zero attached hydrogens (tertiary/aromatic N) is 2. The topological polar surface area (TPSA) is 76.1 Å². The minimum Gasteiger partial charge on any atom is -0.495 e. The smallest absolute Gasteiger partial charge is 0.270 e. The largest absolute Gasteiger partial charge is 0.495 e. The second-order valence-electron chi connectivity index (χ2n) is 5.86. The van der Waals surface area contributed by atoms with Crippen molar-refractivity contribution in [2.24, 2.45) is 0 Å². The molecule has 1 aromatic carbocycles. The predicted molar refractivity (Wildman–Crippen MR) is 93.3 cm³/mol. The lowest BCUT2D eigenvalue weighted by Gasteiger charge is -2.13. The fourth-order valence-corrected chi connectivity index (χ4v) is 2.46. The molecule has 2 aromatic rings. The monoisotopic (exact) mass is 346 g/mol. The third-order valence-corrected chi connectivity index (χ3v) is 4.13. The van der Waals surface area contributed by atoms with Gasteiger partial charge in [0.05, 0.1) is 12.8 Å². The number of carbonyl (C=O) groups is 1. The number of amides is 1. The van der Waals surface area contributed by atoms with Crippen LogP contribution < -0.4 is 15.4 Å². The van der Waals surface area contributed by atoms with Crippen molar-refractivity contribution in [3.8, 4) is 5.75 Å². The number of halogens is 1. The Morgan fingerprint density at radius 1 is 1.25 bits per heavy atom. The molecule has 0 radical (unpaired) electrons. The van der Waals surface area contributed by atoms with E-state index in [0.717, 1.165) is 24.1 Å². The molecular weight excluding hydrogens is 328 g/mol. The number of aromatic nitrogens is 2. The van der Waals surface area contributed by atoms with E-state index in [0.29, 0.717) is 28.1 Å². The number of benzene rings is 1. The maximum atomic E-state index is 12.2. The molecule has 0 saturated heterocycles. The number of anilines is 2. The van der Waals surface area contributed by atoms with E-state index in [1.807, 2.05) is 13.0 Å². The van der Waals surface area contributed by atoms with Crippen LogP contribution in [0.1, 0.15) is 34.7 Å². The maximum Gasteiger partial charge on any atom is 0.270 e. The molecular formula is C17H19ClN4O2. The standard InChI is InChI=1S/C17H19ClN4O2/c1-9-6-13(15(24-3)7-12(9)18)22-16-8-14(19-10(2)20-16)17(23)21-11-4-5-11/h6-8,11H,4-5H2,1-3H3,(H,21,23)(H,19,20,22). The molecule has 1 fully saturated rings. The minimum absolute atomic E-state index is 0.176. The minimum atomic E-state index is -0.176. The average Bonchev–Trinajstić information content (AvgIpc) is 3.34. The molecule has 0 spiro atoms. The van der Waals surface area contributed by atoms with Crippen molar-refractivity contribution in [3.05, 3.63) is 40.3 Å². The predicted octanol–water partition coefficient (Wildman–Crippen LogP) is 3.39. The summed E-state index contributed by atoms with van der Waals surface area (Å²) >= 11 is 6.13. The van der Waals surface area contributed by atoms with Gasteiger partial charge in [-0.05, 0) is 38.3 Å². The second-order valence-corrected chi connectivity index (χ2v) is 6.27. The van der Waals surface area contributed by atoms with Gasteiger partial charge in [0.15, 0.2) is 0 Å². The second kappa shape index (κ2) is 6.65. The van der Waals surface area contributed by atoms with E-state index in [2.05, 4.69) is 20.6 Å². The first-order chi connectivity index (χ1) is 11.5. The van der Waals surface area contributed by atoms with Crippen LogP contribution in [-0.4, -0.2) is 29.0 Å². The molecule has 3 rings (SSSR count). The lowest BCUT2D eigenvalue weighted by atomic mass is 10.2. The fraction of sp³-hybridized carbons (Fsp3) is 0.353. The van der Waals surface area contributed by atoms with Crippen LogP contribution in [0.3, 0.4) is 0 Å². The van der Waals surface area contributed by atoms with E-state index < -0.39 is 0 Å². The first-order valence-corrected chi connectivity index (χ1v) is 8.12. The van der Waals surface area contributed by atoms with Crippen LogP contribution in [0.15, 0.2) is 18.2 Å². The van der Waals surface area contributed by atoms with Crippen molar-refractivity contribution >= 4 is 29.0 Å². The van der Waals surface area contributed by atoms with Crippen LogP contribution in [0.5, 0.6) is 5.75 Å². The molecule has 7 heteroatoms. The number of ether oxygens (including phenoxy) is 1. The molecule has 0 bridgehead atoms. The summed E-state index contributed by atoms with van der Waals surface area (Å²) in [6.45, 7) is 3.66. The quantitative estimate of drug-likeness (QED) is 0.867. The Hall–Kier alpha value is -2.34. The molecule has 2 N–H and O–H groups in total. The van der Waals surface area contributed by atoms with Crippen molar-refractivity contribution in [2.45, 2.75) is 32.7 Å². The first-order valence-electron chi connectivity index (χ1n) is 7.74. The van der Waals surface area contributed by atoms with Crippen LogP contribution in [0.2, 0.25) is 5.02 Å². The molecule has 1 amide bonds. The highest BCUT2D eigenvalue weighted by molar-refractivity contribution is 6.31. The van der Waals surface area contributed by atoms with Gasteiger partial charge in [0.25, 0.3) is 5.91 Å². The van der Waals surface area contributed by atoms with E-state index in [-0.39, 0.29) is 11.9 Å². The third kappa shape index (κ3) is 3.76. The van der Waals surface area contributed by atoms with E-state index in [1.165, 1.54) is 0 Å². The van der Waals surface area contributed by atoms with Crippen molar-refractivity contribution in [1.29, 1.82) is 0 Å². The summed E-state index contributed by atoms with van der Waals surface area (Å²) < 4.78 is 5.35. The number of hydrogen-bond acceptors (Lipinski definition) is 5. The summed E-state index contributed by atoms with van der Waals surface area (Å²) in [5, 5.41) is 6.74. The zero-order chi connectivity index (χ0) is 17.3. The number of carbonyl (C=O) groups excluding carboxylic acids is 1. The summed E-state index contributed by atoms with van der Waals surface area (Å²) in [5.74, 6) is 1.48. The Balaban J connectivity index is 1.88. The molecule has 1 aromatic heterocycles. The fourth-order valence-electron chi connectivity index (χ4n) is 2.30. The average molecular weight is 347 g/mol. The number of aryl methyl sites for hydroxylation is 2. The Labute approximate surface area is 145 Å². The molecule has 1 aliphatic rings. The number of rotatable bonds is 5. The van der Waals surface area contributed by atoms with Gasteiger partial charge in [0, 0.05) is 23.2 Å². The SMILES string of the molecule is COc1cc(Cl)c(C)cc1Nc1cc(C(=O)NC2CC2)nc(C)n1. The van der Waals surface area contributed by atoms with E-state index in [4.69, 9.17) is 16.3 Å². The Kier molecular flexibility index (Phi) is 4.57. The van der Waals surface area contributed by atoms with Crippen LogP contribution in [0, 0.1) is 13.8 Å². The van der Waals surface area contributed by atoms with Gasteiger partial charge in [-0.2, -0.15) is 0 Å². The summed E-state index contributed by atoms with van der Waals surface area (Å²) in [5.41, 5.74) is 1.99. The van der Waals surface area contributed by atoms with Crippen LogP contribution in [-0.2, 0) is 0 Å². The molecule has 1 heterocycles. The number of nitrogens with one attached hydrogen (secondary N) is 2. The summed E-state index contributed by atoms with van der Waals surface area (Å²) in [6, 6.07) is 5.54. The van der Waals surface area contributed by atoms with E-state index in [1.54, 1.807) is 26.2 Å². The van der Waals surface area contributed by atoms with Gasteiger partial charge in [-0.25, -0.2) is 9.97 Å². The van der Waals surface area contributed by atoms with Crippen LogP contribution >= 0.6 is 11.6 Å². The van der Waals surface area contributed by atoms with Gasteiger partial charge in [0.2, 0.25) is 0 Å². The lowest BCUT2D eigenvalue weighted by molar-refractivity contribution is 0.0945. The molecule has 24 heavy (non-hydrogen) atoms. The number of methoxy groups -OCH3 is 1. The molecule has 0 aliphatic heterocycles. The molecule has 0 unspecified atom stereocenters. The Morgan fingerprint density at radius 2 is 2.00 bits per heavy atom. The van der Waals surface area contributed by atoms with Crippen molar-refractivity contribution in [2.75, 3.05) is 12.4 Å². The van der Waals surface area contributed by atoms with Gasteiger partial charge >= 0.3 is 0 Å². The zero-order valence-corrected chi connectivity index (χ0v) is 14.6. The molecule has 1 saturated carbocycles. The number of hydrogen-bond donors (Lipinski definition) is 2. The molecule has 0 atom stereocenters. The normalized spacial score (nSPS) is 13.5. The van der Waals surface area contributed by atoms with Crippen molar-refractivity contribution in [1.82, 2.24) is 15.3 Å². The summed E-state index contributed by atoms with van der Waals surface area (Å²) in [7, 11) is 1.58. The molecule has 126 valence electrons. The van der Waals surface area contributed by atoms with Gasteiger partial charge in [-0.15, -0.1) is 0 Å². The highest BCUT2D eigenvalue weighted by Crippen LogP contribution is 2.32. The van der Waals surface area contributed by atoms with Crippen molar-refractivity contribution in [3.63, 3.8) is 0 Å². The zero-order valence-electron chi connectivity index (χ0n) is 13.8. The van der Waals surface area contributed by atoms with Gasteiger partial charge < -0.3 is 15.4 Å². The van der Waals surface area contributed by atoms with Crippen LogP contribution in [0.25, 0.3) is 0 Å².